The zero-order valence-corrected chi connectivity index (χ0v) is 54.5. The summed E-state index contributed by atoms with van der Waals surface area (Å²) in [6.45, 7) is 4.21. The third-order valence-electron chi connectivity index (χ3n) is 15.9. The van der Waals surface area contributed by atoms with Crippen molar-refractivity contribution in [3.05, 3.63) is 122 Å². The Bertz CT molecular complexity index is 1570. The smallest absolute Gasteiger partial charge is 0.220 e. The van der Waals surface area contributed by atoms with Crippen molar-refractivity contribution in [2.75, 3.05) is 6.61 Å². The van der Waals surface area contributed by atoms with Gasteiger partial charge in [0.2, 0.25) is 5.91 Å². The van der Waals surface area contributed by atoms with Crippen molar-refractivity contribution in [1.82, 2.24) is 5.32 Å². The summed E-state index contributed by atoms with van der Waals surface area (Å²) >= 11 is 0. The lowest BCUT2D eigenvalue weighted by molar-refractivity contribution is -0.123. The predicted octanol–water partition coefficient (Wildman–Crippen LogP) is 24.7. The van der Waals surface area contributed by atoms with Crippen LogP contribution in [-0.4, -0.2) is 34.9 Å². The second kappa shape index (κ2) is 72.1. The molecule has 82 heavy (non-hydrogen) atoms. The molecule has 2 unspecified atom stereocenters. The van der Waals surface area contributed by atoms with Crippen LogP contribution in [0.5, 0.6) is 0 Å². The standard InChI is InChI=1S/C78H137NO3/c1-3-5-7-9-11-13-15-17-19-21-23-25-27-29-31-33-35-36-37-38-39-40-41-42-44-46-48-50-52-54-56-58-60-62-64-66-68-70-72-74-78(82)79-76(75-80)77(81)73-71-69-67-65-63-61-59-57-55-53-51-49-47-45-43-34-32-30-28-26-24-22-20-18-16-14-12-10-8-6-4-2/h5,7,11,13,17,19,23,25,29,31,35-36,38-39,41-42,63,65,71,73,76-77,80-81H,3-4,6,8-10,12,14-16,18,20-22,24,26-28,30,32-34,37,40,43-62,64,66-70,72,74-75H2,1-2H3,(H,79,82)/b7-5-,13-11-,19-17-,25-23-,31-29-,36-35-,39-38-,42-41-,65-63+,73-71+. The number of rotatable bonds is 65. The van der Waals surface area contributed by atoms with Gasteiger partial charge in [0.15, 0.2) is 0 Å². The van der Waals surface area contributed by atoms with Crippen LogP contribution in [0.15, 0.2) is 122 Å². The number of carbonyl (C=O) groups excluding carboxylic acids is 1. The maximum atomic E-state index is 12.5. The van der Waals surface area contributed by atoms with E-state index in [1.807, 2.05) is 6.08 Å². The molecule has 0 radical (unpaired) electrons. The molecule has 0 aromatic heterocycles. The van der Waals surface area contributed by atoms with Crippen LogP contribution in [0.25, 0.3) is 0 Å². The first kappa shape index (κ1) is 78.8. The molecule has 0 aliphatic rings. The number of aliphatic hydroxyl groups excluding tert-OH is 2. The Morgan fingerprint density at radius 1 is 0.305 bits per heavy atom. The molecular weight excluding hydrogens is 999 g/mol. The summed E-state index contributed by atoms with van der Waals surface area (Å²) in [6, 6.07) is -0.648. The molecule has 0 bridgehead atoms. The highest BCUT2D eigenvalue weighted by Gasteiger charge is 2.18. The Balaban J connectivity index is 3.53. The van der Waals surface area contributed by atoms with E-state index in [2.05, 4.69) is 129 Å². The average Bonchev–Trinajstić information content (AvgIpc) is 3.50. The summed E-state index contributed by atoms with van der Waals surface area (Å²) in [7, 11) is 0. The van der Waals surface area contributed by atoms with E-state index in [0.717, 1.165) is 83.5 Å². The molecule has 0 saturated carbocycles. The monoisotopic (exact) mass is 1140 g/mol. The molecule has 0 rings (SSSR count). The highest BCUT2D eigenvalue weighted by molar-refractivity contribution is 5.76. The number of hydrogen-bond acceptors (Lipinski definition) is 3. The summed E-state index contributed by atoms with van der Waals surface area (Å²) in [6.07, 6.45) is 110. The first-order valence-electron chi connectivity index (χ1n) is 35.7. The van der Waals surface area contributed by atoms with Gasteiger partial charge in [-0.1, -0.05) is 367 Å². The Morgan fingerprint density at radius 3 is 0.854 bits per heavy atom. The van der Waals surface area contributed by atoms with E-state index >= 15 is 0 Å². The van der Waals surface area contributed by atoms with Gasteiger partial charge in [-0.3, -0.25) is 4.79 Å². The van der Waals surface area contributed by atoms with Gasteiger partial charge in [0.05, 0.1) is 18.8 Å². The first-order valence-corrected chi connectivity index (χ1v) is 35.7. The van der Waals surface area contributed by atoms with Gasteiger partial charge >= 0.3 is 0 Å². The number of carbonyl (C=O) groups is 1. The van der Waals surface area contributed by atoms with Crippen LogP contribution in [0, 0.1) is 0 Å². The molecule has 0 saturated heterocycles. The Kier molecular flexibility index (Phi) is 69.2. The summed E-state index contributed by atoms with van der Waals surface area (Å²) in [5.41, 5.74) is 0. The normalized spacial score (nSPS) is 13.5. The Labute approximate surface area is 511 Å². The first-order chi connectivity index (χ1) is 40.7. The third kappa shape index (κ3) is 67.6. The molecule has 4 heteroatoms. The van der Waals surface area contributed by atoms with E-state index in [0.29, 0.717) is 6.42 Å². The quantitative estimate of drug-likeness (QED) is 0.0420. The number of aliphatic hydroxyl groups is 2. The summed E-state index contributed by atoms with van der Waals surface area (Å²) in [4.78, 5) is 12.5. The molecule has 2 atom stereocenters. The lowest BCUT2D eigenvalue weighted by Gasteiger charge is -2.19. The molecule has 0 heterocycles. The fourth-order valence-corrected chi connectivity index (χ4v) is 10.6. The minimum Gasteiger partial charge on any atom is -0.394 e. The molecule has 0 spiro atoms. The van der Waals surface area contributed by atoms with E-state index in [-0.39, 0.29) is 12.5 Å². The van der Waals surface area contributed by atoms with Crippen LogP contribution < -0.4 is 5.32 Å². The minimum atomic E-state index is -0.871. The topological polar surface area (TPSA) is 69.6 Å². The second-order valence-electron chi connectivity index (χ2n) is 23.9. The molecule has 0 aromatic carbocycles. The SMILES string of the molecule is CC/C=C\C/C=C\C/C=C\C/C=C\C/C=C\C/C=C\C/C=C\C/C=C\CCCCCCCCCCCCCCCCC(=O)NC(CO)C(O)/C=C/CC/C=C/CCCCCCCCCCCCCCCCCCCCCCCCCCC. The maximum absolute atomic E-state index is 12.5. The van der Waals surface area contributed by atoms with Crippen LogP contribution >= 0.6 is 0 Å². The van der Waals surface area contributed by atoms with E-state index < -0.39 is 12.1 Å². The lowest BCUT2D eigenvalue weighted by atomic mass is 10.0. The fourth-order valence-electron chi connectivity index (χ4n) is 10.6. The molecule has 0 fully saturated rings. The lowest BCUT2D eigenvalue weighted by Crippen LogP contribution is -2.45. The van der Waals surface area contributed by atoms with Crippen molar-refractivity contribution >= 4 is 5.91 Å². The zero-order chi connectivity index (χ0) is 59.1. The van der Waals surface area contributed by atoms with Gasteiger partial charge in [0.25, 0.3) is 0 Å². The number of nitrogens with one attached hydrogen (secondary N) is 1. The van der Waals surface area contributed by atoms with Crippen LogP contribution in [-0.2, 0) is 4.79 Å². The van der Waals surface area contributed by atoms with Gasteiger partial charge in [-0.05, 0) is 96.3 Å². The molecule has 0 aromatic rings. The van der Waals surface area contributed by atoms with Gasteiger partial charge < -0.3 is 15.5 Å². The Morgan fingerprint density at radius 2 is 0.549 bits per heavy atom. The van der Waals surface area contributed by atoms with E-state index in [1.165, 1.54) is 244 Å². The van der Waals surface area contributed by atoms with E-state index in [9.17, 15) is 15.0 Å². The molecule has 0 aliphatic heterocycles. The van der Waals surface area contributed by atoms with Gasteiger partial charge in [-0.25, -0.2) is 0 Å². The van der Waals surface area contributed by atoms with Crippen molar-refractivity contribution < 1.29 is 15.0 Å². The number of allylic oxidation sites excluding steroid dienone is 19. The minimum absolute atomic E-state index is 0.0745. The van der Waals surface area contributed by atoms with E-state index in [4.69, 9.17) is 0 Å². The van der Waals surface area contributed by atoms with Crippen LogP contribution in [0.1, 0.15) is 348 Å². The zero-order valence-electron chi connectivity index (χ0n) is 54.5. The van der Waals surface area contributed by atoms with Crippen molar-refractivity contribution in [2.24, 2.45) is 0 Å². The largest absolute Gasteiger partial charge is 0.394 e. The molecule has 3 N–H and O–H groups in total. The fraction of sp³-hybridized carbons (Fsp3) is 0.731. The van der Waals surface area contributed by atoms with Crippen molar-refractivity contribution in [3.63, 3.8) is 0 Å². The highest BCUT2D eigenvalue weighted by Crippen LogP contribution is 2.18. The van der Waals surface area contributed by atoms with E-state index in [1.54, 1.807) is 6.08 Å². The summed E-state index contributed by atoms with van der Waals surface area (Å²) in [5, 5.41) is 23.3. The second-order valence-corrected chi connectivity index (χ2v) is 23.9. The van der Waals surface area contributed by atoms with Gasteiger partial charge in [-0.2, -0.15) is 0 Å². The average molecular weight is 1140 g/mol. The maximum Gasteiger partial charge on any atom is 0.220 e. The van der Waals surface area contributed by atoms with Crippen molar-refractivity contribution in [1.29, 1.82) is 0 Å². The molecule has 1 amide bonds. The molecular formula is C78H137NO3. The van der Waals surface area contributed by atoms with Crippen LogP contribution in [0.3, 0.4) is 0 Å². The number of unbranched alkanes of at least 4 members (excludes halogenated alkanes) is 40. The summed E-state index contributed by atoms with van der Waals surface area (Å²) in [5.74, 6) is -0.0745. The summed E-state index contributed by atoms with van der Waals surface area (Å²) < 4.78 is 0. The molecule has 4 nitrogen and oxygen atoms in total. The predicted molar refractivity (Wildman–Crippen MR) is 368 cm³/mol. The highest BCUT2D eigenvalue weighted by atomic mass is 16.3. The van der Waals surface area contributed by atoms with Crippen molar-refractivity contribution in [3.8, 4) is 0 Å². The Hall–Kier alpha value is -3.21. The van der Waals surface area contributed by atoms with Crippen molar-refractivity contribution in [2.45, 2.75) is 360 Å². The van der Waals surface area contributed by atoms with Gasteiger partial charge in [0.1, 0.15) is 0 Å². The molecule has 0 aliphatic carbocycles. The third-order valence-corrected chi connectivity index (χ3v) is 15.9. The molecule has 472 valence electrons. The number of hydrogen-bond donors (Lipinski definition) is 3. The van der Waals surface area contributed by atoms with Crippen LogP contribution in [0.4, 0.5) is 0 Å². The van der Waals surface area contributed by atoms with Gasteiger partial charge in [-0.15, -0.1) is 0 Å². The van der Waals surface area contributed by atoms with Gasteiger partial charge in [0, 0.05) is 6.42 Å². The van der Waals surface area contributed by atoms with Crippen LogP contribution in [0.2, 0.25) is 0 Å². The number of amides is 1.